The molecule has 0 spiro atoms. The van der Waals surface area contributed by atoms with Gasteiger partial charge in [0.1, 0.15) is 29.0 Å². The smallest absolute Gasteiger partial charge is 0.168 e. The number of carbonyl (C=O) groups excluding carboxylic acids is 1. The molecule has 1 saturated heterocycles. The second-order valence-electron chi connectivity index (χ2n) is 6.64. The molecule has 3 rings (SSSR count). The van der Waals surface area contributed by atoms with E-state index in [1.807, 2.05) is 11.0 Å². The highest BCUT2D eigenvalue weighted by Crippen LogP contribution is 2.44. The quantitative estimate of drug-likeness (QED) is 0.785. The zero-order chi connectivity index (χ0) is 20.3. The lowest BCUT2D eigenvalue weighted by molar-refractivity contribution is 0.0638. The number of rotatable bonds is 4. The van der Waals surface area contributed by atoms with E-state index in [0.717, 1.165) is 0 Å². The largest absolute Gasteiger partial charge is 0.497 e. The van der Waals surface area contributed by atoms with Gasteiger partial charge in [0.05, 0.1) is 32.3 Å². The maximum atomic E-state index is 13.2. The van der Waals surface area contributed by atoms with E-state index in [-0.39, 0.29) is 17.2 Å². The van der Waals surface area contributed by atoms with Crippen LogP contribution in [0, 0.1) is 34.0 Å². The zero-order valence-electron chi connectivity index (χ0n) is 15.8. The fourth-order valence-electron chi connectivity index (χ4n) is 3.63. The van der Waals surface area contributed by atoms with Gasteiger partial charge in [-0.25, -0.2) is 4.99 Å². The summed E-state index contributed by atoms with van der Waals surface area (Å²) in [6.45, 7) is 3.61. The first-order chi connectivity index (χ1) is 13.5. The molecule has 0 bridgehead atoms. The number of ether oxygens (including phenoxy) is 2. The average Bonchev–Trinajstić information content (AvgIpc) is 3.05. The van der Waals surface area contributed by atoms with E-state index < -0.39 is 11.3 Å². The summed E-state index contributed by atoms with van der Waals surface area (Å²) >= 11 is 0. The number of Topliss-reactive ketones (excluding diaryl/α,β-unsaturated/α-hetero) is 1. The molecule has 0 radical (unpaired) electrons. The fourth-order valence-corrected chi connectivity index (χ4v) is 3.63. The van der Waals surface area contributed by atoms with Crippen LogP contribution in [0.4, 0.5) is 0 Å². The second kappa shape index (κ2) is 7.71. The van der Waals surface area contributed by atoms with Crippen molar-refractivity contribution in [3.05, 3.63) is 41.2 Å². The summed E-state index contributed by atoms with van der Waals surface area (Å²) in [7, 11) is 1.54. The van der Waals surface area contributed by atoms with E-state index in [0.29, 0.717) is 43.5 Å². The van der Waals surface area contributed by atoms with Gasteiger partial charge in [0.2, 0.25) is 0 Å². The first-order valence-corrected chi connectivity index (χ1v) is 8.91. The van der Waals surface area contributed by atoms with E-state index in [9.17, 15) is 15.3 Å². The van der Waals surface area contributed by atoms with Crippen LogP contribution in [-0.4, -0.2) is 49.9 Å². The number of hydrogen-bond acceptors (Lipinski definition) is 8. The van der Waals surface area contributed by atoms with Crippen molar-refractivity contribution in [3.63, 3.8) is 0 Å². The van der Waals surface area contributed by atoms with Crippen LogP contribution in [0.25, 0.3) is 0 Å². The minimum absolute atomic E-state index is 0.0140. The summed E-state index contributed by atoms with van der Waals surface area (Å²) < 4.78 is 10.5. The molecule has 2 heterocycles. The Morgan fingerprint density at radius 3 is 2.50 bits per heavy atom. The number of carbonyl (C=O) groups is 1. The Morgan fingerprint density at radius 1 is 1.32 bits per heavy atom. The van der Waals surface area contributed by atoms with Crippen molar-refractivity contribution in [2.75, 3.05) is 33.4 Å². The van der Waals surface area contributed by atoms with Gasteiger partial charge in [-0.3, -0.25) is 4.79 Å². The summed E-state index contributed by atoms with van der Waals surface area (Å²) in [6, 6.07) is 10.9. The standard InChI is InChI=1S/C20H21N5O3/c1-13(17(26)14-3-5-15(27-2)6-4-14)20(12-22)16(11-21)18(23)24-19(20)25-7-9-28-10-8-25/h3-6,13H,7-10,23H2,1-2H3. The summed E-state index contributed by atoms with van der Waals surface area (Å²) in [5.74, 6) is -0.171. The molecular weight excluding hydrogens is 358 g/mol. The van der Waals surface area contributed by atoms with Crippen LogP contribution in [0.1, 0.15) is 17.3 Å². The SMILES string of the molecule is COc1ccc(C(=O)C(C)C2(C#N)C(N3CCOCC3)=NC(N)=C2C#N)cc1. The normalized spacial score (nSPS) is 22.9. The molecule has 8 heteroatoms. The van der Waals surface area contributed by atoms with Crippen LogP contribution in [0.15, 0.2) is 40.7 Å². The molecule has 28 heavy (non-hydrogen) atoms. The lowest BCUT2D eigenvalue weighted by Gasteiger charge is -2.37. The molecule has 2 atom stereocenters. The van der Waals surface area contributed by atoms with Crippen molar-refractivity contribution >= 4 is 11.6 Å². The molecule has 2 aliphatic heterocycles. The Bertz CT molecular complexity index is 917. The molecule has 144 valence electrons. The number of aliphatic imine (C=N–C) groups is 1. The Hall–Kier alpha value is -3.36. The van der Waals surface area contributed by atoms with Crippen LogP contribution in [0.2, 0.25) is 0 Å². The van der Waals surface area contributed by atoms with Gasteiger partial charge < -0.3 is 20.1 Å². The van der Waals surface area contributed by atoms with Gasteiger partial charge in [0.25, 0.3) is 0 Å². The number of morpholine rings is 1. The monoisotopic (exact) mass is 379 g/mol. The minimum Gasteiger partial charge on any atom is -0.497 e. The number of amidine groups is 1. The number of benzene rings is 1. The van der Waals surface area contributed by atoms with E-state index in [2.05, 4.69) is 11.1 Å². The maximum absolute atomic E-state index is 13.2. The van der Waals surface area contributed by atoms with E-state index in [1.165, 1.54) is 0 Å². The van der Waals surface area contributed by atoms with Crippen LogP contribution in [0.5, 0.6) is 5.75 Å². The molecule has 8 nitrogen and oxygen atoms in total. The van der Waals surface area contributed by atoms with Gasteiger partial charge in [-0.1, -0.05) is 6.92 Å². The Kier molecular flexibility index (Phi) is 5.34. The molecular formula is C20H21N5O3. The first kappa shape index (κ1) is 19.4. The molecule has 0 amide bonds. The average molecular weight is 379 g/mol. The summed E-state index contributed by atoms with van der Waals surface area (Å²) in [5.41, 5.74) is 4.89. The first-order valence-electron chi connectivity index (χ1n) is 8.91. The lowest BCUT2D eigenvalue weighted by atomic mass is 9.68. The predicted molar refractivity (Wildman–Crippen MR) is 101 cm³/mol. The summed E-state index contributed by atoms with van der Waals surface area (Å²) in [6.07, 6.45) is 0. The molecule has 2 aliphatic rings. The van der Waals surface area contributed by atoms with Crippen molar-refractivity contribution < 1.29 is 14.3 Å². The molecule has 0 aromatic heterocycles. The predicted octanol–water partition coefficient (Wildman–Crippen LogP) is 1.46. The summed E-state index contributed by atoms with van der Waals surface area (Å²) in [4.78, 5) is 19.4. The Labute approximate surface area is 163 Å². The highest BCUT2D eigenvalue weighted by molar-refractivity contribution is 6.07. The Balaban J connectivity index is 2.04. The van der Waals surface area contributed by atoms with E-state index >= 15 is 0 Å². The maximum Gasteiger partial charge on any atom is 0.168 e. The van der Waals surface area contributed by atoms with Gasteiger partial charge >= 0.3 is 0 Å². The topological polar surface area (TPSA) is 125 Å². The highest BCUT2D eigenvalue weighted by Gasteiger charge is 2.55. The van der Waals surface area contributed by atoms with Crippen molar-refractivity contribution in [3.8, 4) is 17.9 Å². The molecule has 1 aromatic rings. The van der Waals surface area contributed by atoms with Gasteiger partial charge in [-0.15, -0.1) is 0 Å². The minimum atomic E-state index is -1.53. The zero-order valence-corrected chi connectivity index (χ0v) is 15.8. The molecule has 0 saturated carbocycles. The highest BCUT2D eigenvalue weighted by atomic mass is 16.5. The molecule has 1 fully saturated rings. The lowest BCUT2D eigenvalue weighted by Crippen LogP contribution is -2.51. The number of hydrogen-bond donors (Lipinski definition) is 1. The van der Waals surface area contributed by atoms with Crippen molar-refractivity contribution in [1.29, 1.82) is 10.5 Å². The fraction of sp³-hybridized carbons (Fsp3) is 0.400. The number of methoxy groups -OCH3 is 1. The van der Waals surface area contributed by atoms with Crippen LogP contribution in [-0.2, 0) is 4.74 Å². The van der Waals surface area contributed by atoms with Gasteiger partial charge in [-0.05, 0) is 24.3 Å². The molecule has 1 aromatic carbocycles. The Morgan fingerprint density at radius 2 is 1.96 bits per heavy atom. The molecule has 0 aliphatic carbocycles. The van der Waals surface area contributed by atoms with Crippen molar-refractivity contribution in [1.82, 2.24) is 4.90 Å². The summed E-state index contributed by atoms with van der Waals surface area (Å²) in [5, 5.41) is 19.9. The van der Waals surface area contributed by atoms with Crippen LogP contribution >= 0.6 is 0 Å². The third-order valence-electron chi connectivity index (χ3n) is 5.25. The van der Waals surface area contributed by atoms with Crippen LogP contribution < -0.4 is 10.5 Å². The van der Waals surface area contributed by atoms with Gasteiger partial charge in [0.15, 0.2) is 11.2 Å². The van der Waals surface area contributed by atoms with Gasteiger partial charge in [0, 0.05) is 18.7 Å². The van der Waals surface area contributed by atoms with Crippen molar-refractivity contribution in [2.24, 2.45) is 22.1 Å². The number of nitrogens with zero attached hydrogens (tertiary/aromatic N) is 4. The van der Waals surface area contributed by atoms with E-state index in [4.69, 9.17) is 15.2 Å². The third kappa shape index (κ3) is 2.98. The second-order valence-corrected chi connectivity index (χ2v) is 6.64. The number of nitrogens with two attached hydrogens (primary N) is 1. The van der Waals surface area contributed by atoms with Crippen molar-refractivity contribution in [2.45, 2.75) is 6.92 Å². The molecule has 2 unspecified atom stereocenters. The third-order valence-corrected chi connectivity index (χ3v) is 5.25. The van der Waals surface area contributed by atoms with Gasteiger partial charge in [-0.2, -0.15) is 10.5 Å². The molecule has 2 N–H and O–H groups in total. The number of nitriles is 2. The van der Waals surface area contributed by atoms with Crippen LogP contribution in [0.3, 0.4) is 0 Å². The number of ketones is 1. The van der Waals surface area contributed by atoms with E-state index in [1.54, 1.807) is 38.3 Å².